The molecule has 0 radical (unpaired) electrons. The number of benzene rings is 2. The van der Waals surface area contributed by atoms with Crippen molar-refractivity contribution in [2.45, 2.75) is 17.6 Å². The first-order valence-corrected chi connectivity index (χ1v) is 9.20. The van der Waals surface area contributed by atoms with Gasteiger partial charge in [0, 0.05) is 16.1 Å². The molecule has 3 aromatic rings. The van der Waals surface area contributed by atoms with E-state index in [1.165, 1.54) is 11.3 Å². The highest BCUT2D eigenvalue weighted by atomic mass is 32.2. The number of sulfonamides is 1. The second-order valence-corrected chi connectivity index (χ2v) is 8.03. The Morgan fingerprint density at radius 3 is 2.29 bits per heavy atom. The fraction of sp³-hybridized carbons (Fsp3) is 0.125. The Hall–Kier alpha value is -1.90. The maximum absolute atomic E-state index is 12.5. The molecule has 0 amide bonds. The van der Waals surface area contributed by atoms with Crippen molar-refractivity contribution in [2.75, 3.05) is 0 Å². The third-order valence-corrected chi connectivity index (χ3v) is 5.94. The lowest BCUT2D eigenvalue weighted by atomic mass is 10.2. The summed E-state index contributed by atoms with van der Waals surface area (Å²) >= 11 is 1.46. The first-order valence-electron chi connectivity index (χ1n) is 6.90. The van der Waals surface area contributed by atoms with Crippen LogP contribution in [0.1, 0.15) is 10.4 Å². The van der Waals surface area contributed by atoms with E-state index in [-0.39, 0.29) is 11.4 Å². The van der Waals surface area contributed by atoms with Gasteiger partial charge in [-0.05, 0) is 41.8 Å². The molecule has 3 nitrogen and oxygen atoms in total. The smallest absolute Gasteiger partial charge is 0.207 e. The summed E-state index contributed by atoms with van der Waals surface area (Å²) in [5.41, 5.74) is -0.883. The highest BCUT2D eigenvalue weighted by Gasteiger charge is 2.30. The molecule has 0 saturated heterocycles. The highest BCUT2D eigenvalue weighted by Crippen LogP contribution is 2.30. The molecule has 0 fully saturated rings. The second-order valence-electron chi connectivity index (χ2n) is 5.10. The van der Waals surface area contributed by atoms with Crippen molar-refractivity contribution in [1.29, 1.82) is 0 Å². The zero-order chi connectivity index (χ0) is 17.4. The second kappa shape index (κ2) is 6.19. The molecule has 3 rings (SSSR count). The van der Waals surface area contributed by atoms with Crippen LogP contribution < -0.4 is 4.72 Å². The van der Waals surface area contributed by atoms with Crippen molar-refractivity contribution < 1.29 is 21.6 Å². The van der Waals surface area contributed by atoms with Crippen molar-refractivity contribution in [3.63, 3.8) is 0 Å². The minimum atomic E-state index is -4.49. The Morgan fingerprint density at radius 2 is 1.67 bits per heavy atom. The van der Waals surface area contributed by atoms with E-state index < -0.39 is 21.8 Å². The summed E-state index contributed by atoms with van der Waals surface area (Å²) in [6.07, 6.45) is -4.49. The Morgan fingerprint density at radius 1 is 1.00 bits per heavy atom. The van der Waals surface area contributed by atoms with Crippen LogP contribution in [0.5, 0.6) is 0 Å². The Kier molecular flexibility index (Phi) is 4.37. The maximum Gasteiger partial charge on any atom is 0.416 e. The summed E-state index contributed by atoms with van der Waals surface area (Å²) in [6, 6.07) is 13.0. The van der Waals surface area contributed by atoms with Gasteiger partial charge in [-0.1, -0.05) is 18.2 Å². The number of rotatable bonds is 4. The van der Waals surface area contributed by atoms with Gasteiger partial charge in [-0.2, -0.15) is 13.2 Å². The number of fused-ring (bicyclic) bond motifs is 1. The predicted octanol–water partition coefficient (Wildman–Crippen LogP) is 4.40. The van der Waals surface area contributed by atoms with Crippen LogP contribution in [-0.4, -0.2) is 8.42 Å². The molecule has 0 aliphatic carbocycles. The van der Waals surface area contributed by atoms with Crippen LogP contribution in [0.4, 0.5) is 13.2 Å². The van der Waals surface area contributed by atoms with E-state index in [0.717, 1.165) is 39.2 Å². The lowest BCUT2D eigenvalue weighted by molar-refractivity contribution is -0.137. The number of thiophene rings is 1. The maximum atomic E-state index is 12.5. The van der Waals surface area contributed by atoms with Gasteiger partial charge in [0.1, 0.15) is 0 Å². The van der Waals surface area contributed by atoms with Crippen LogP contribution in [0.3, 0.4) is 0 Å². The Labute approximate surface area is 140 Å². The van der Waals surface area contributed by atoms with Crippen molar-refractivity contribution in [3.05, 3.63) is 65.0 Å². The summed E-state index contributed by atoms with van der Waals surface area (Å²) in [5.74, 6) is 0. The first kappa shape index (κ1) is 16.9. The summed E-state index contributed by atoms with van der Waals surface area (Å²) < 4.78 is 65.4. The van der Waals surface area contributed by atoms with Gasteiger partial charge >= 0.3 is 6.18 Å². The summed E-state index contributed by atoms with van der Waals surface area (Å²) in [7, 11) is -3.87. The third-order valence-electron chi connectivity index (χ3n) is 3.40. The van der Waals surface area contributed by atoms with Gasteiger partial charge in [0.25, 0.3) is 0 Å². The minimum absolute atomic E-state index is 0.0860. The predicted molar refractivity (Wildman–Crippen MR) is 87.3 cm³/mol. The van der Waals surface area contributed by atoms with Gasteiger partial charge in [0.15, 0.2) is 0 Å². The van der Waals surface area contributed by atoms with Gasteiger partial charge in [0.05, 0.1) is 10.5 Å². The molecule has 0 bridgehead atoms. The number of nitrogens with one attached hydrogen (secondary N) is 1. The molecule has 1 aromatic heterocycles. The molecule has 0 saturated carbocycles. The van der Waals surface area contributed by atoms with E-state index in [1.54, 1.807) is 0 Å². The van der Waals surface area contributed by atoms with Gasteiger partial charge in [-0.15, -0.1) is 11.3 Å². The molecule has 1 N–H and O–H groups in total. The van der Waals surface area contributed by atoms with E-state index in [1.807, 2.05) is 30.3 Å². The Balaban J connectivity index is 1.76. The highest BCUT2D eigenvalue weighted by molar-refractivity contribution is 7.89. The van der Waals surface area contributed by atoms with E-state index in [2.05, 4.69) is 4.72 Å². The van der Waals surface area contributed by atoms with E-state index in [9.17, 15) is 21.6 Å². The quantitative estimate of drug-likeness (QED) is 0.739. The van der Waals surface area contributed by atoms with Gasteiger partial charge in [-0.3, -0.25) is 0 Å². The number of hydrogen-bond acceptors (Lipinski definition) is 3. The topological polar surface area (TPSA) is 46.2 Å². The van der Waals surface area contributed by atoms with E-state index in [0.29, 0.717) is 0 Å². The first-order chi connectivity index (χ1) is 11.3. The van der Waals surface area contributed by atoms with Crippen LogP contribution in [-0.2, 0) is 22.7 Å². The summed E-state index contributed by atoms with van der Waals surface area (Å²) in [6.45, 7) is 0.0860. The van der Waals surface area contributed by atoms with Crippen LogP contribution in [0, 0.1) is 0 Å². The molecule has 0 atom stereocenters. The van der Waals surface area contributed by atoms with Crippen LogP contribution in [0.15, 0.2) is 59.5 Å². The summed E-state index contributed by atoms with van der Waals surface area (Å²) in [5, 5.41) is 1.02. The summed E-state index contributed by atoms with van der Waals surface area (Å²) in [4.78, 5) is 0.628. The standard InChI is InChI=1S/C16H12F3NO2S2/c17-16(18,19)12-5-7-14(8-6-12)24(21,22)20-10-13-9-11-3-1-2-4-15(11)23-13/h1-9,20H,10H2. The van der Waals surface area contributed by atoms with Crippen molar-refractivity contribution in [3.8, 4) is 0 Å². The molecule has 0 unspecified atom stereocenters. The Bertz CT molecular complexity index is 928. The lowest BCUT2D eigenvalue weighted by Gasteiger charge is -2.09. The van der Waals surface area contributed by atoms with Gasteiger partial charge < -0.3 is 0 Å². The molecule has 24 heavy (non-hydrogen) atoms. The average Bonchev–Trinajstić information content (AvgIpc) is 2.95. The minimum Gasteiger partial charge on any atom is -0.207 e. The molecular formula is C16H12F3NO2S2. The van der Waals surface area contributed by atoms with Gasteiger partial charge in [-0.25, -0.2) is 13.1 Å². The fourth-order valence-electron chi connectivity index (χ4n) is 2.20. The van der Waals surface area contributed by atoms with Crippen LogP contribution >= 0.6 is 11.3 Å². The largest absolute Gasteiger partial charge is 0.416 e. The van der Waals surface area contributed by atoms with E-state index in [4.69, 9.17) is 0 Å². The molecule has 2 aromatic carbocycles. The lowest BCUT2D eigenvalue weighted by Crippen LogP contribution is -2.22. The SMILES string of the molecule is O=S(=O)(NCc1cc2ccccc2s1)c1ccc(C(F)(F)F)cc1. The monoisotopic (exact) mass is 371 g/mol. The van der Waals surface area contributed by atoms with Crippen molar-refractivity contribution >= 4 is 31.4 Å². The third kappa shape index (κ3) is 3.61. The zero-order valence-corrected chi connectivity index (χ0v) is 13.8. The fourth-order valence-corrected chi connectivity index (χ4v) is 4.30. The number of hydrogen-bond donors (Lipinski definition) is 1. The molecule has 0 spiro atoms. The van der Waals surface area contributed by atoms with Crippen molar-refractivity contribution in [1.82, 2.24) is 4.72 Å². The molecular weight excluding hydrogens is 359 g/mol. The molecule has 1 heterocycles. The normalized spacial score (nSPS) is 12.6. The van der Waals surface area contributed by atoms with Crippen LogP contribution in [0.2, 0.25) is 0 Å². The number of alkyl halides is 3. The van der Waals surface area contributed by atoms with Crippen molar-refractivity contribution in [2.24, 2.45) is 0 Å². The molecule has 8 heteroatoms. The molecule has 126 valence electrons. The molecule has 0 aliphatic rings. The average molecular weight is 371 g/mol. The van der Waals surface area contributed by atoms with E-state index >= 15 is 0 Å². The van der Waals surface area contributed by atoms with Gasteiger partial charge in [0.2, 0.25) is 10.0 Å². The molecule has 0 aliphatic heterocycles. The zero-order valence-electron chi connectivity index (χ0n) is 12.2. The number of halogens is 3. The van der Waals surface area contributed by atoms with Crippen LogP contribution in [0.25, 0.3) is 10.1 Å².